The predicted octanol–water partition coefficient (Wildman–Crippen LogP) is 1.39. The third-order valence-corrected chi connectivity index (χ3v) is 3.19. The Morgan fingerprint density at radius 1 is 1.56 bits per heavy atom. The van der Waals surface area contributed by atoms with Crippen molar-refractivity contribution in [3.05, 3.63) is 11.9 Å². The second kappa shape index (κ2) is 7.43. The lowest BCUT2D eigenvalue weighted by atomic mass is 10.2. The number of thioether (sulfide) groups is 1. The van der Waals surface area contributed by atoms with E-state index in [1.165, 1.54) is 0 Å². The van der Waals surface area contributed by atoms with Crippen LogP contribution in [0.3, 0.4) is 0 Å². The fourth-order valence-corrected chi connectivity index (χ4v) is 1.97. The monoisotopic (exact) mass is 271 g/mol. The Hall–Kier alpha value is -1.01. The highest BCUT2D eigenvalue weighted by Gasteiger charge is 2.18. The molecule has 5 nitrogen and oxygen atoms in total. The average Bonchev–Trinajstić information content (AvgIpc) is 2.76. The molecule has 1 rings (SSSR count). The van der Waals surface area contributed by atoms with E-state index >= 15 is 0 Å². The molecule has 0 radical (unpaired) electrons. The fourth-order valence-electron chi connectivity index (χ4n) is 1.58. The minimum Gasteiger partial charge on any atom is -0.493 e. The second-order valence-corrected chi connectivity index (χ2v) is 5.24. The van der Waals surface area contributed by atoms with E-state index in [0.717, 1.165) is 12.3 Å². The summed E-state index contributed by atoms with van der Waals surface area (Å²) >= 11 is 1.67. The van der Waals surface area contributed by atoms with Crippen LogP contribution in [0.1, 0.15) is 16.9 Å². The lowest BCUT2D eigenvalue weighted by molar-refractivity contribution is 0.0975. The average molecular weight is 271 g/mol. The van der Waals surface area contributed by atoms with Gasteiger partial charge in [0.2, 0.25) is 0 Å². The van der Waals surface area contributed by atoms with Gasteiger partial charge in [-0.15, -0.1) is 0 Å². The first-order chi connectivity index (χ1) is 8.60. The van der Waals surface area contributed by atoms with E-state index in [9.17, 15) is 4.79 Å². The Balaban J connectivity index is 2.84. The molecule has 0 aliphatic rings. The molecular formula is C12H21N3O2S. The van der Waals surface area contributed by atoms with Crippen LogP contribution in [0, 0.1) is 0 Å². The number of nitrogens with zero attached hydrogens (tertiary/aromatic N) is 3. The summed E-state index contributed by atoms with van der Waals surface area (Å²) in [7, 11) is 5.56. The molecule has 0 atom stereocenters. The van der Waals surface area contributed by atoms with Crippen molar-refractivity contribution in [2.24, 2.45) is 0 Å². The molecule has 18 heavy (non-hydrogen) atoms. The van der Waals surface area contributed by atoms with Crippen molar-refractivity contribution in [2.75, 3.05) is 39.8 Å². The molecule has 6 heteroatoms. The van der Waals surface area contributed by atoms with E-state index in [0.29, 0.717) is 24.4 Å². The summed E-state index contributed by atoms with van der Waals surface area (Å²) in [5, 5.41) is 4.23. The molecule has 0 saturated heterocycles. The number of rotatable bonds is 8. The van der Waals surface area contributed by atoms with Crippen LogP contribution in [0.4, 0.5) is 0 Å². The fraction of sp³-hybridized carbons (Fsp3) is 0.667. The number of ether oxygens (including phenoxy) is 1. The van der Waals surface area contributed by atoms with Crippen molar-refractivity contribution < 1.29 is 9.53 Å². The van der Waals surface area contributed by atoms with Crippen LogP contribution in [-0.2, 0) is 6.54 Å². The minimum absolute atomic E-state index is 0.0949. The predicted molar refractivity (Wildman–Crippen MR) is 74.7 cm³/mol. The first-order valence-corrected chi connectivity index (χ1v) is 7.26. The van der Waals surface area contributed by atoms with Gasteiger partial charge in [0.25, 0.3) is 0 Å². The van der Waals surface area contributed by atoms with Crippen molar-refractivity contribution in [1.82, 2.24) is 14.7 Å². The molecule has 1 aromatic rings. The lowest BCUT2D eigenvalue weighted by Gasteiger charge is -2.12. The van der Waals surface area contributed by atoms with Gasteiger partial charge in [0.1, 0.15) is 5.69 Å². The SMILES string of the molecule is COc1cnn(CCN(C)C)c1C(=O)CCSC. The molecule has 0 amide bonds. The number of carbonyl (C=O) groups is 1. The normalized spacial score (nSPS) is 10.9. The summed E-state index contributed by atoms with van der Waals surface area (Å²) in [6.07, 6.45) is 4.13. The van der Waals surface area contributed by atoms with Crippen molar-refractivity contribution >= 4 is 17.5 Å². The summed E-state index contributed by atoms with van der Waals surface area (Å²) in [5.41, 5.74) is 0.591. The Morgan fingerprint density at radius 3 is 2.83 bits per heavy atom. The van der Waals surface area contributed by atoms with Gasteiger partial charge >= 0.3 is 0 Å². The molecular weight excluding hydrogens is 250 g/mol. The van der Waals surface area contributed by atoms with Crippen LogP contribution >= 0.6 is 11.8 Å². The maximum atomic E-state index is 12.1. The number of aromatic nitrogens is 2. The molecule has 0 fully saturated rings. The smallest absolute Gasteiger partial charge is 0.185 e. The highest BCUT2D eigenvalue weighted by molar-refractivity contribution is 7.98. The Kier molecular flexibility index (Phi) is 6.21. The number of carbonyl (C=O) groups excluding carboxylic acids is 1. The van der Waals surface area contributed by atoms with Crippen molar-refractivity contribution in [3.8, 4) is 5.75 Å². The van der Waals surface area contributed by atoms with Gasteiger partial charge in [-0.2, -0.15) is 16.9 Å². The third kappa shape index (κ3) is 4.03. The van der Waals surface area contributed by atoms with Crippen molar-refractivity contribution in [2.45, 2.75) is 13.0 Å². The molecule has 1 aromatic heterocycles. The highest BCUT2D eigenvalue weighted by Crippen LogP contribution is 2.20. The van der Waals surface area contributed by atoms with Crippen LogP contribution < -0.4 is 4.74 Å². The summed E-state index contributed by atoms with van der Waals surface area (Å²) < 4.78 is 6.95. The molecule has 0 N–H and O–H groups in total. The van der Waals surface area contributed by atoms with Gasteiger partial charge in [-0.1, -0.05) is 0 Å². The van der Waals surface area contributed by atoms with Gasteiger partial charge in [-0.25, -0.2) is 0 Å². The zero-order valence-electron chi connectivity index (χ0n) is 11.5. The van der Waals surface area contributed by atoms with E-state index < -0.39 is 0 Å². The molecule has 1 heterocycles. The molecule has 0 unspecified atom stereocenters. The Morgan fingerprint density at radius 2 is 2.28 bits per heavy atom. The Labute approximate surface area is 112 Å². The zero-order chi connectivity index (χ0) is 13.5. The van der Waals surface area contributed by atoms with Gasteiger partial charge in [-0.3, -0.25) is 9.48 Å². The quantitative estimate of drug-likeness (QED) is 0.669. The maximum absolute atomic E-state index is 12.1. The summed E-state index contributed by atoms with van der Waals surface area (Å²) in [4.78, 5) is 14.2. The second-order valence-electron chi connectivity index (χ2n) is 4.25. The van der Waals surface area contributed by atoms with Crippen LogP contribution in [0.2, 0.25) is 0 Å². The first-order valence-electron chi connectivity index (χ1n) is 5.86. The standard InChI is InChI=1S/C12H21N3O2S/c1-14(2)6-7-15-12(10(16)5-8-18-4)11(17-3)9-13-15/h9H,5-8H2,1-4H3. The third-order valence-electron chi connectivity index (χ3n) is 2.58. The van der Waals surface area contributed by atoms with Crippen LogP contribution in [0.25, 0.3) is 0 Å². The number of ketones is 1. The lowest BCUT2D eigenvalue weighted by Crippen LogP contribution is -2.21. The van der Waals surface area contributed by atoms with E-state index in [4.69, 9.17) is 4.74 Å². The van der Waals surface area contributed by atoms with Gasteiger partial charge in [-0.05, 0) is 20.4 Å². The Bertz CT molecular complexity index is 391. The number of hydrogen-bond acceptors (Lipinski definition) is 5. The van der Waals surface area contributed by atoms with Gasteiger partial charge in [0.05, 0.1) is 19.9 Å². The number of hydrogen-bond donors (Lipinski definition) is 0. The molecule has 0 bridgehead atoms. The topological polar surface area (TPSA) is 47.4 Å². The summed E-state index contributed by atoms with van der Waals surface area (Å²) in [6.45, 7) is 1.53. The highest BCUT2D eigenvalue weighted by atomic mass is 32.2. The number of likely N-dealkylation sites (N-methyl/N-ethyl adjacent to an activating group) is 1. The van der Waals surface area contributed by atoms with Gasteiger partial charge in [0.15, 0.2) is 11.5 Å². The minimum atomic E-state index is 0.0949. The number of methoxy groups -OCH3 is 1. The van der Waals surface area contributed by atoms with Crippen LogP contribution in [0.15, 0.2) is 6.20 Å². The molecule has 0 aliphatic carbocycles. The van der Waals surface area contributed by atoms with Crippen molar-refractivity contribution in [1.29, 1.82) is 0 Å². The van der Waals surface area contributed by atoms with Gasteiger partial charge in [0, 0.05) is 18.7 Å². The van der Waals surface area contributed by atoms with E-state index in [2.05, 4.69) is 10.00 Å². The molecule has 0 spiro atoms. The zero-order valence-corrected chi connectivity index (χ0v) is 12.3. The summed E-state index contributed by atoms with van der Waals surface area (Å²) in [6, 6.07) is 0. The summed E-state index contributed by atoms with van der Waals surface area (Å²) in [5.74, 6) is 1.48. The molecule has 0 aliphatic heterocycles. The maximum Gasteiger partial charge on any atom is 0.185 e. The van der Waals surface area contributed by atoms with E-state index in [-0.39, 0.29) is 5.78 Å². The van der Waals surface area contributed by atoms with Crippen LogP contribution in [-0.4, -0.2) is 60.2 Å². The molecule has 102 valence electrons. The van der Waals surface area contributed by atoms with E-state index in [1.807, 2.05) is 20.4 Å². The molecule has 0 aromatic carbocycles. The van der Waals surface area contributed by atoms with Crippen LogP contribution in [0.5, 0.6) is 5.75 Å². The van der Waals surface area contributed by atoms with Crippen molar-refractivity contribution in [3.63, 3.8) is 0 Å². The largest absolute Gasteiger partial charge is 0.493 e. The molecule has 0 saturated carbocycles. The van der Waals surface area contributed by atoms with E-state index in [1.54, 1.807) is 29.8 Å². The van der Waals surface area contributed by atoms with Gasteiger partial charge < -0.3 is 9.64 Å². The number of Topliss-reactive ketones (excluding diaryl/α,β-unsaturated/α-hetero) is 1. The first kappa shape index (κ1) is 15.0.